The molecule has 1 aromatic rings. The molecule has 0 aliphatic carbocycles. The number of carbonyl (C=O) groups excluding carboxylic acids is 3. The van der Waals surface area contributed by atoms with Crippen LogP contribution in [0.4, 0.5) is 4.79 Å². The van der Waals surface area contributed by atoms with E-state index in [2.05, 4.69) is 23.5 Å². The maximum atomic E-state index is 14.1. The van der Waals surface area contributed by atoms with Gasteiger partial charge in [0.2, 0.25) is 11.8 Å². The van der Waals surface area contributed by atoms with Gasteiger partial charge in [0.05, 0.1) is 0 Å². The van der Waals surface area contributed by atoms with Crippen molar-refractivity contribution in [1.29, 1.82) is 0 Å². The van der Waals surface area contributed by atoms with Gasteiger partial charge in [0, 0.05) is 17.6 Å². The minimum absolute atomic E-state index is 0.0512. The molecular weight excluding hydrogens is 454 g/mol. The Labute approximate surface area is 217 Å². The number of ether oxygens (including phenoxy) is 1. The number of rotatable bonds is 11. The molecule has 0 fully saturated rings. The van der Waals surface area contributed by atoms with Crippen molar-refractivity contribution >= 4 is 17.9 Å². The van der Waals surface area contributed by atoms with Crippen LogP contribution in [0.5, 0.6) is 0 Å². The standard InChI is InChI=1S/C29H45N3O4/c1-11-14-20(6)30-26(33)25(23-17-15-22(13-3)16-18-23)32(21(7)12-2)27(34)24(19(4)5)31-28(35)36-29(8,9)10/h3,15-21,24-25H,11-12,14H2,1-2,4-10H3,(H,30,33)(H,31,35). The lowest BCUT2D eigenvalue weighted by Crippen LogP contribution is -2.57. The third kappa shape index (κ3) is 9.22. The Morgan fingerprint density at radius 1 is 1.03 bits per heavy atom. The molecule has 0 spiro atoms. The highest BCUT2D eigenvalue weighted by molar-refractivity contribution is 5.92. The van der Waals surface area contributed by atoms with Gasteiger partial charge in [-0.15, -0.1) is 6.42 Å². The third-order valence-electron chi connectivity index (χ3n) is 5.96. The van der Waals surface area contributed by atoms with E-state index >= 15 is 0 Å². The lowest BCUT2D eigenvalue weighted by Gasteiger charge is -2.39. The summed E-state index contributed by atoms with van der Waals surface area (Å²) in [6.45, 7) is 16.9. The number of terminal acetylenes is 1. The largest absolute Gasteiger partial charge is 0.444 e. The molecule has 0 heterocycles. The second kappa shape index (κ2) is 13.9. The van der Waals surface area contributed by atoms with Crippen LogP contribution in [0.15, 0.2) is 24.3 Å². The van der Waals surface area contributed by atoms with Crippen molar-refractivity contribution in [2.24, 2.45) is 5.92 Å². The predicted octanol–water partition coefficient (Wildman–Crippen LogP) is 5.19. The molecule has 4 atom stereocenters. The number of benzene rings is 1. The molecule has 0 aliphatic rings. The molecule has 0 aliphatic heterocycles. The third-order valence-corrected chi connectivity index (χ3v) is 5.96. The fourth-order valence-corrected chi connectivity index (χ4v) is 3.93. The van der Waals surface area contributed by atoms with E-state index in [4.69, 9.17) is 11.2 Å². The summed E-state index contributed by atoms with van der Waals surface area (Å²) < 4.78 is 5.41. The van der Waals surface area contributed by atoms with E-state index in [0.29, 0.717) is 17.5 Å². The molecular formula is C29H45N3O4. The SMILES string of the molecule is C#Cc1ccc(C(C(=O)NC(C)CCC)N(C(=O)C(NC(=O)OC(C)(C)C)C(C)C)C(C)CC)cc1. The highest BCUT2D eigenvalue weighted by atomic mass is 16.6. The predicted molar refractivity (Wildman–Crippen MR) is 144 cm³/mol. The highest BCUT2D eigenvalue weighted by Crippen LogP contribution is 2.28. The Bertz CT molecular complexity index is 912. The second-order valence-electron chi connectivity index (χ2n) is 10.7. The summed E-state index contributed by atoms with van der Waals surface area (Å²) in [5, 5.41) is 5.82. The Morgan fingerprint density at radius 2 is 1.61 bits per heavy atom. The van der Waals surface area contributed by atoms with Gasteiger partial charge in [0.25, 0.3) is 0 Å². The maximum absolute atomic E-state index is 14.1. The first-order valence-corrected chi connectivity index (χ1v) is 12.9. The van der Waals surface area contributed by atoms with Gasteiger partial charge in [-0.2, -0.15) is 0 Å². The van der Waals surface area contributed by atoms with Gasteiger partial charge in [0.15, 0.2) is 0 Å². The van der Waals surface area contributed by atoms with E-state index in [-0.39, 0.29) is 29.8 Å². The Balaban J connectivity index is 3.53. The van der Waals surface area contributed by atoms with Gasteiger partial charge in [0.1, 0.15) is 17.7 Å². The van der Waals surface area contributed by atoms with Crippen LogP contribution < -0.4 is 10.6 Å². The van der Waals surface area contributed by atoms with Crippen LogP contribution in [0.2, 0.25) is 0 Å². The quantitative estimate of drug-likeness (QED) is 0.410. The average molecular weight is 500 g/mol. The van der Waals surface area contributed by atoms with Crippen LogP contribution in [0.1, 0.15) is 98.7 Å². The topological polar surface area (TPSA) is 87.7 Å². The van der Waals surface area contributed by atoms with Crippen LogP contribution in [0.25, 0.3) is 0 Å². The number of nitrogens with zero attached hydrogens (tertiary/aromatic N) is 1. The second-order valence-corrected chi connectivity index (χ2v) is 10.7. The lowest BCUT2D eigenvalue weighted by atomic mass is 9.96. The van der Waals surface area contributed by atoms with Crippen molar-refractivity contribution in [2.75, 3.05) is 0 Å². The monoisotopic (exact) mass is 499 g/mol. The van der Waals surface area contributed by atoms with Crippen LogP contribution in [-0.4, -0.2) is 46.5 Å². The van der Waals surface area contributed by atoms with Gasteiger partial charge in [-0.25, -0.2) is 4.79 Å². The number of carbonyl (C=O) groups is 3. The summed E-state index contributed by atoms with van der Waals surface area (Å²) in [7, 11) is 0. The fourth-order valence-electron chi connectivity index (χ4n) is 3.93. The van der Waals surface area contributed by atoms with E-state index in [0.717, 1.165) is 12.8 Å². The summed E-state index contributed by atoms with van der Waals surface area (Å²) in [5.74, 6) is 1.75. The normalized spacial score (nSPS) is 14.7. The van der Waals surface area contributed by atoms with Gasteiger partial charge >= 0.3 is 6.09 Å². The van der Waals surface area contributed by atoms with E-state index in [1.54, 1.807) is 49.9 Å². The molecule has 36 heavy (non-hydrogen) atoms. The Morgan fingerprint density at radius 3 is 2.06 bits per heavy atom. The molecule has 3 amide bonds. The summed E-state index contributed by atoms with van der Waals surface area (Å²) >= 11 is 0. The molecule has 2 N–H and O–H groups in total. The van der Waals surface area contributed by atoms with Crippen molar-refractivity contribution in [3.8, 4) is 12.3 Å². The molecule has 1 aromatic carbocycles. The fraction of sp³-hybridized carbons (Fsp3) is 0.621. The van der Waals surface area contributed by atoms with Crippen molar-refractivity contribution in [3.63, 3.8) is 0 Å². The van der Waals surface area contributed by atoms with E-state index < -0.39 is 23.8 Å². The molecule has 7 heteroatoms. The van der Waals surface area contributed by atoms with Gasteiger partial charge < -0.3 is 20.3 Å². The van der Waals surface area contributed by atoms with Crippen molar-refractivity contribution in [3.05, 3.63) is 35.4 Å². The molecule has 7 nitrogen and oxygen atoms in total. The molecule has 0 saturated heterocycles. The molecule has 0 saturated carbocycles. The smallest absolute Gasteiger partial charge is 0.408 e. The van der Waals surface area contributed by atoms with Crippen LogP contribution in [-0.2, 0) is 14.3 Å². The first-order valence-electron chi connectivity index (χ1n) is 12.9. The van der Waals surface area contributed by atoms with Gasteiger partial charge in [-0.05, 0) is 71.1 Å². The molecule has 4 unspecified atom stereocenters. The summed E-state index contributed by atoms with van der Waals surface area (Å²) in [6, 6.07) is 5.03. The maximum Gasteiger partial charge on any atom is 0.408 e. The van der Waals surface area contributed by atoms with Crippen LogP contribution in [0, 0.1) is 18.3 Å². The first-order chi connectivity index (χ1) is 16.7. The Hall–Kier alpha value is -3.01. The van der Waals surface area contributed by atoms with Gasteiger partial charge in [-0.1, -0.05) is 52.2 Å². The summed E-state index contributed by atoms with van der Waals surface area (Å²) in [5.41, 5.74) is 0.635. The average Bonchev–Trinajstić information content (AvgIpc) is 2.78. The number of alkyl carbamates (subject to hydrolysis) is 1. The molecule has 0 aromatic heterocycles. The minimum Gasteiger partial charge on any atom is -0.444 e. The van der Waals surface area contributed by atoms with Crippen molar-refractivity contribution < 1.29 is 19.1 Å². The van der Waals surface area contributed by atoms with E-state index in [1.165, 1.54) is 0 Å². The number of hydrogen-bond acceptors (Lipinski definition) is 4. The minimum atomic E-state index is -0.889. The van der Waals surface area contributed by atoms with Crippen LogP contribution >= 0.6 is 0 Å². The molecule has 0 radical (unpaired) electrons. The number of amides is 3. The van der Waals surface area contributed by atoms with E-state index in [1.807, 2.05) is 34.6 Å². The van der Waals surface area contributed by atoms with E-state index in [9.17, 15) is 14.4 Å². The molecule has 1 rings (SSSR count). The number of nitrogens with one attached hydrogen (secondary N) is 2. The zero-order valence-corrected chi connectivity index (χ0v) is 23.5. The number of hydrogen-bond donors (Lipinski definition) is 2. The van der Waals surface area contributed by atoms with Crippen molar-refractivity contribution in [1.82, 2.24) is 15.5 Å². The molecule has 0 bridgehead atoms. The van der Waals surface area contributed by atoms with Crippen LogP contribution in [0.3, 0.4) is 0 Å². The highest BCUT2D eigenvalue weighted by Gasteiger charge is 2.39. The summed E-state index contributed by atoms with van der Waals surface area (Å²) in [6.07, 6.45) is 7.23. The zero-order valence-electron chi connectivity index (χ0n) is 23.5. The Kier molecular flexibility index (Phi) is 12.0. The zero-order chi connectivity index (χ0) is 27.6. The van der Waals surface area contributed by atoms with Gasteiger partial charge in [-0.3, -0.25) is 9.59 Å². The first kappa shape index (κ1) is 31.0. The van der Waals surface area contributed by atoms with Crippen molar-refractivity contribution in [2.45, 2.75) is 111 Å². The summed E-state index contributed by atoms with van der Waals surface area (Å²) in [4.78, 5) is 42.0. The lowest BCUT2D eigenvalue weighted by molar-refractivity contribution is -0.146. The molecule has 200 valence electrons.